The van der Waals surface area contributed by atoms with Crippen molar-refractivity contribution in [2.45, 2.75) is 31.5 Å². The molecule has 1 unspecified atom stereocenters. The molecular formula is C32H34N2O5. The Kier molecular flexibility index (Phi) is 5.55. The number of hydrogen-bond acceptors (Lipinski definition) is 7. The van der Waals surface area contributed by atoms with Gasteiger partial charge in [0.1, 0.15) is 17.1 Å². The molecule has 2 saturated heterocycles. The lowest BCUT2D eigenvalue weighted by Crippen LogP contribution is -2.74. The number of allylic oxidation sites excluding steroid dienone is 2. The van der Waals surface area contributed by atoms with E-state index in [9.17, 15) is 14.7 Å². The van der Waals surface area contributed by atoms with Crippen LogP contribution in [0.1, 0.15) is 30.6 Å². The summed E-state index contributed by atoms with van der Waals surface area (Å²) in [6.45, 7) is 8.78. The first-order valence-electron chi connectivity index (χ1n) is 14.0. The molecule has 2 aromatic carbocycles. The predicted octanol–water partition coefficient (Wildman–Crippen LogP) is 4.02. The lowest BCUT2D eigenvalue weighted by atomic mass is 9.49. The van der Waals surface area contributed by atoms with Crippen molar-refractivity contribution in [2.75, 3.05) is 44.2 Å². The molecule has 0 amide bonds. The first-order chi connectivity index (χ1) is 18.9. The third-order valence-electron chi connectivity index (χ3n) is 9.56. The maximum Gasteiger partial charge on any atom is 0.200 e. The minimum absolute atomic E-state index is 0.0153. The summed E-state index contributed by atoms with van der Waals surface area (Å²) in [5, 5.41) is 10.6. The Bertz CT molecular complexity index is 1400. The Balaban J connectivity index is 1.24. The third kappa shape index (κ3) is 3.36. The van der Waals surface area contributed by atoms with Gasteiger partial charge in [0, 0.05) is 62.2 Å². The van der Waals surface area contributed by atoms with E-state index in [0.29, 0.717) is 24.4 Å². The number of hydrogen-bond donors (Lipinski definition) is 1. The van der Waals surface area contributed by atoms with Gasteiger partial charge in [-0.25, -0.2) is 0 Å². The molecule has 3 fully saturated rings. The van der Waals surface area contributed by atoms with Crippen LogP contribution in [0, 0.1) is 17.8 Å². The van der Waals surface area contributed by atoms with Gasteiger partial charge in [0.15, 0.2) is 22.8 Å². The molecule has 1 saturated carbocycles. The topological polar surface area (TPSA) is 79.3 Å². The molecule has 2 aromatic rings. The van der Waals surface area contributed by atoms with Crippen LogP contribution in [0.25, 0.3) is 0 Å². The zero-order valence-electron chi connectivity index (χ0n) is 22.4. The van der Waals surface area contributed by atoms with Crippen molar-refractivity contribution < 1.29 is 24.2 Å². The molecular weight excluding hydrogens is 492 g/mol. The highest BCUT2D eigenvalue weighted by atomic mass is 16.6. The quantitative estimate of drug-likeness (QED) is 0.590. The zero-order valence-corrected chi connectivity index (χ0v) is 22.4. The average Bonchev–Trinajstić information content (AvgIpc) is 3.22. The molecule has 7 nitrogen and oxygen atoms in total. The highest BCUT2D eigenvalue weighted by Gasteiger charge is 2.79. The van der Waals surface area contributed by atoms with Gasteiger partial charge in [-0.1, -0.05) is 42.0 Å². The molecule has 3 aliphatic carbocycles. The number of benzene rings is 2. The van der Waals surface area contributed by atoms with Gasteiger partial charge in [-0.2, -0.15) is 0 Å². The number of fused-ring (bicyclic) bond motifs is 1. The van der Waals surface area contributed by atoms with E-state index < -0.39 is 17.1 Å². The standard InChI is InChI=1S/C32H34N2O5/c1-20(2)11-12-31-30(37)22-17-24-29(36)28-26(35)9-6-10-27(28)39-32(24,31)25(19-38-31)23(22)18-33-13-15-34(16-14-33)21-7-4-3-5-8-21/h3-11,17,22-23,25,35H,12-16,18-19H2,1-2H3/t22-,23+,25-,31?,32-/m1/s1. The molecule has 7 heteroatoms. The Labute approximate surface area is 228 Å². The second-order valence-electron chi connectivity index (χ2n) is 11.8. The monoisotopic (exact) mass is 526 g/mol. The van der Waals surface area contributed by atoms with Gasteiger partial charge >= 0.3 is 0 Å². The highest BCUT2D eigenvalue weighted by molar-refractivity contribution is 6.18. The summed E-state index contributed by atoms with van der Waals surface area (Å²) in [6, 6.07) is 15.4. The molecule has 1 spiro atoms. The van der Waals surface area contributed by atoms with Gasteiger partial charge in [0.25, 0.3) is 0 Å². The number of phenolic OH excluding ortho intramolecular Hbond substituents is 1. The highest BCUT2D eigenvalue weighted by Crippen LogP contribution is 2.65. The maximum atomic E-state index is 14.3. The number of carbonyl (C=O) groups is 2. The average molecular weight is 527 g/mol. The molecule has 0 aromatic heterocycles. The van der Waals surface area contributed by atoms with Gasteiger partial charge in [-0.05, 0) is 44.0 Å². The van der Waals surface area contributed by atoms with Crippen LogP contribution in [-0.4, -0.2) is 72.1 Å². The largest absolute Gasteiger partial charge is 0.507 e. The van der Waals surface area contributed by atoms with E-state index in [-0.39, 0.29) is 34.7 Å². The van der Waals surface area contributed by atoms with Crippen LogP contribution < -0.4 is 9.64 Å². The van der Waals surface area contributed by atoms with Crippen LogP contribution in [0.15, 0.2) is 71.8 Å². The predicted molar refractivity (Wildman–Crippen MR) is 147 cm³/mol. The number of Topliss-reactive ketones (excluding diaryl/α,β-unsaturated/α-hetero) is 2. The van der Waals surface area contributed by atoms with Crippen molar-refractivity contribution in [1.29, 1.82) is 0 Å². The second-order valence-corrected chi connectivity index (χ2v) is 11.8. The van der Waals surface area contributed by atoms with Crippen LogP contribution in [0.2, 0.25) is 0 Å². The lowest BCUT2D eigenvalue weighted by molar-refractivity contribution is -0.171. The summed E-state index contributed by atoms with van der Waals surface area (Å²) < 4.78 is 13.3. The van der Waals surface area contributed by atoms with Gasteiger partial charge in [0.2, 0.25) is 0 Å². The van der Waals surface area contributed by atoms with Crippen molar-refractivity contribution in [1.82, 2.24) is 4.90 Å². The van der Waals surface area contributed by atoms with E-state index in [4.69, 9.17) is 9.47 Å². The molecule has 8 rings (SSSR count). The Hall–Kier alpha value is -3.42. The summed E-state index contributed by atoms with van der Waals surface area (Å²) >= 11 is 0. The summed E-state index contributed by atoms with van der Waals surface area (Å²) in [6.07, 6.45) is 4.25. The molecule has 5 atom stereocenters. The van der Waals surface area contributed by atoms with Crippen molar-refractivity contribution in [3.63, 3.8) is 0 Å². The van der Waals surface area contributed by atoms with Crippen LogP contribution in [-0.2, 0) is 9.53 Å². The molecule has 6 aliphatic rings. The molecule has 3 aliphatic heterocycles. The number of anilines is 1. The van der Waals surface area contributed by atoms with E-state index in [2.05, 4.69) is 34.1 Å². The van der Waals surface area contributed by atoms with Gasteiger partial charge in [-0.15, -0.1) is 0 Å². The fourth-order valence-corrected chi connectivity index (χ4v) is 7.69. The Morgan fingerprint density at radius 2 is 1.82 bits per heavy atom. The minimum Gasteiger partial charge on any atom is -0.507 e. The van der Waals surface area contributed by atoms with Gasteiger partial charge < -0.3 is 19.5 Å². The fraction of sp³-hybridized carbons (Fsp3) is 0.438. The summed E-state index contributed by atoms with van der Waals surface area (Å²) in [4.78, 5) is 33.1. The summed E-state index contributed by atoms with van der Waals surface area (Å²) in [5.74, 6) is -0.582. The summed E-state index contributed by atoms with van der Waals surface area (Å²) in [7, 11) is 0. The number of carbonyl (C=O) groups excluding carboxylic acids is 2. The van der Waals surface area contributed by atoms with Gasteiger partial charge in [-0.3, -0.25) is 14.5 Å². The number of aromatic hydroxyl groups is 1. The van der Waals surface area contributed by atoms with Gasteiger partial charge in [0.05, 0.1) is 6.61 Å². The van der Waals surface area contributed by atoms with Crippen LogP contribution >= 0.6 is 0 Å². The summed E-state index contributed by atoms with van der Waals surface area (Å²) in [5.41, 5.74) is 0.542. The van der Waals surface area contributed by atoms with Crippen LogP contribution in [0.3, 0.4) is 0 Å². The van der Waals surface area contributed by atoms with Crippen molar-refractivity contribution >= 4 is 17.3 Å². The number of phenols is 1. The molecule has 3 heterocycles. The number of rotatable bonds is 5. The van der Waals surface area contributed by atoms with E-state index in [1.165, 1.54) is 11.8 Å². The Morgan fingerprint density at radius 3 is 2.56 bits per heavy atom. The van der Waals surface area contributed by atoms with E-state index in [1.54, 1.807) is 12.1 Å². The third-order valence-corrected chi connectivity index (χ3v) is 9.56. The Morgan fingerprint density at radius 1 is 1.05 bits per heavy atom. The van der Waals surface area contributed by atoms with Crippen molar-refractivity contribution in [3.8, 4) is 11.5 Å². The molecule has 4 bridgehead atoms. The zero-order chi connectivity index (χ0) is 26.9. The number of piperazine rings is 1. The maximum absolute atomic E-state index is 14.3. The SMILES string of the molecule is CC(C)=CCC12OC[C@@H]3[C@@H](CN4CCN(c5ccccc5)CC4)[C@@H](C=C4C(=O)c5c(O)cccc5O[C@]431)C2=O. The first-order valence-corrected chi connectivity index (χ1v) is 14.0. The number of nitrogens with zero attached hydrogens (tertiary/aromatic N) is 2. The second kappa shape index (κ2) is 8.80. The molecule has 39 heavy (non-hydrogen) atoms. The smallest absolute Gasteiger partial charge is 0.200 e. The van der Waals surface area contributed by atoms with Crippen molar-refractivity contribution in [3.05, 3.63) is 77.4 Å². The molecule has 202 valence electrons. The normalized spacial score (nSPS) is 32.8. The van der Waals surface area contributed by atoms with E-state index in [0.717, 1.165) is 38.3 Å². The molecule has 0 radical (unpaired) electrons. The van der Waals surface area contributed by atoms with E-state index in [1.807, 2.05) is 32.1 Å². The van der Waals surface area contributed by atoms with E-state index >= 15 is 0 Å². The lowest BCUT2D eigenvalue weighted by Gasteiger charge is -2.58. The number of para-hydroxylation sites is 1. The first kappa shape index (κ1) is 24.6. The fourth-order valence-electron chi connectivity index (χ4n) is 7.69. The van der Waals surface area contributed by atoms with Crippen LogP contribution in [0.5, 0.6) is 11.5 Å². The number of ketones is 2. The van der Waals surface area contributed by atoms with Crippen LogP contribution in [0.4, 0.5) is 5.69 Å². The number of ether oxygens (including phenoxy) is 2. The van der Waals surface area contributed by atoms with Crippen molar-refractivity contribution in [2.24, 2.45) is 17.8 Å². The molecule has 1 N–H and O–H groups in total. The minimum atomic E-state index is -1.25.